The lowest BCUT2D eigenvalue weighted by molar-refractivity contribution is -0.134. The van der Waals surface area contributed by atoms with Crippen LogP contribution in [0.3, 0.4) is 0 Å². The first-order chi connectivity index (χ1) is 8.85. The highest BCUT2D eigenvalue weighted by molar-refractivity contribution is 5.85. The van der Waals surface area contributed by atoms with E-state index in [0.29, 0.717) is 32.5 Å². The van der Waals surface area contributed by atoms with Gasteiger partial charge >= 0.3 is 0 Å². The number of rotatable bonds is 4. The van der Waals surface area contributed by atoms with Gasteiger partial charge in [-0.1, -0.05) is 20.8 Å². The Kier molecular flexibility index (Phi) is 5.33. The van der Waals surface area contributed by atoms with E-state index >= 15 is 0 Å². The second-order valence-electron chi connectivity index (χ2n) is 6.21. The van der Waals surface area contributed by atoms with Crippen molar-refractivity contribution in [2.75, 3.05) is 19.8 Å². The Hall–Kier alpha value is -1.12. The highest BCUT2D eigenvalue weighted by atomic mass is 16.5. The van der Waals surface area contributed by atoms with Crippen molar-refractivity contribution in [3.8, 4) is 6.07 Å². The Balaban J connectivity index is 2.78. The SMILES string of the molecule is CC(C)(C)C(CCO)NC(=O)C1(C#N)CCOCC1. The number of carbonyl (C=O) groups is 1. The third-order valence-electron chi connectivity index (χ3n) is 3.76. The van der Waals surface area contributed by atoms with Crippen LogP contribution in [-0.2, 0) is 9.53 Å². The first-order valence-corrected chi connectivity index (χ1v) is 6.76. The van der Waals surface area contributed by atoms with Gasteiger partial charge in [-0.2, -0.15) is 5.26 Å². The summed E-state index contributed by atoms with van der Waals surface area (Å²) in [5, 5.41) is 21.4. The van der Waals surface area contributed by atoms with Gasteiger partial charge in [0.15, 0.2) is 0 Å². The predicted molar refractivity (Wildman–Crippen MR) is 71.2 cm³/mol. The molecule has 19 heavy (non-hydrogen) atoms. The van der Waals surface area contributed by atoms with Gasteiger partial charge in [0.25, 0.3) is 0 Å². The zero-order valence-corrected chi connectivity index (χ0v) is 12.0. The minimum atomic E-state index is -0.975. The van der Waals surface area contributed by atoms with Gasteiger partial charge in [0.2, 0.25) is 5.91 Å². The standard InChI is InChI=1S/C14H24N2O3/c1-13(2,3)11(4-7-17)16-12(18)14(10-15)5-8-19-9-6-14/h11,17H,4-9H2,1-3H3,(H,16,18). The van der Waals surface area contributed by atoms with E-state index in [-0.39, 0.29) is 24.0 Å². The molecule has 0 aromatic rings. The first-order valence-electron chi connectivity index (χ1n) is 6.76. The zero-order chi connectivity index (χ0) is 14.5. The van der Waals surface area contributed by atoms with Crippen molar-refractivity contribution in [1.29, 1.82) is 5.26 Å². The average molecular weight is 268 g/mol. The van der Waals surface area contributed by atoms with Crippen molar-refractivity contribution in [3.63, 3.8) is 0 Å². The van der Waals surface area contributed by atoms with Crippen LogP contribution >= 0.6 is 0 Å². The molecule has 0 spiro atoms. The van der Waals surface area contributed by atoms with Gasteiger partial charge < -0.3 is 15.2 Å². The van der Waals surface area contributed by atoms with Gasteiger partial charge in [0.1, 0.15) is 5.41 Å². The highest BCUT2D eigenvalue weighted by Crippen LogP contribution is 2.31. The number of ether oxygens (including phenoxy) is 1. The number of nitrogens with one attached hydrogen (secondary N) is 1. The summed E-state index contributed by atoms with van der Waals surface area (Å²) >= 11 is 0. The molecule has 1 aliphatic rings. The summed E-state index contributed by atoms with van der Waals surface area (Å²) in [7, 11) is 0. The molecule has 0 aliphatic carbocycles. The maximum absolute atomic E-state index is 12.4. The molecule has 5 heteroatoms. The number of carbonyl (C=O) groups excluding carboxylic acids is 1. The molecule has 1 heterocycles. The predicted octanol–water partition coefficient (Wildman–Crippen LogP) is 1.22. The van der Waals surface area contributed by atoms with Crippen LogP contribution in [0.2, 0.25) is 0 Å². The normalized spacial score (nSPS) is 20.4. The molecule has 1 amide bonds. The Morgan fingerprint density at radius 3 is 2.47 bits per heavy atom. The van der Waals surface area contributed by atoms with Crippen molar-refractivity contribution >= 4 is 5.91 Å². The molecule has 1 rings (SSSR count). The lowest BCUT2D eigenvalue weighted by Crippen LogP contribution is -2.51. The van der Waals surface area contributed by atoms with Crippen LogP contribution in [0.4, 0.5) is 0 Å². The van der Waals surface area contributed by atoms with Gasteiger partial charge in [-0.3, -0.25) is 4.79 Å². The number of hydrogen-bond acceptors (Lipinski definition) is 4. The fourth-order valence-corrected chi connectivity index (χ4v) is 2.26. The summed E-state index contributed by atoms with van der Waals surface area (Å²) in [6.45, 7) is 6.94. The van der Waals surface area contributed by atoms with Crippen molar-refractivity contribution in [2.24, 2.45) is 10.8 Å². The summed E-state index contributed by atoms with van der Waals surface area (Å²) in [4.78, 5) is 12.4. The van der Waals surface area contributed by atoms with Crippen LogP contribution in [0, 0.1) is 22.2 Å². The van der Waals surface area contributed by atoms with E-state index in [2.05, 4.69) is 11.4 Å². The zero-order valence-electron chi connectivity index (χ0n) is 12.0. The Morgan fingerprint density at radius 2 is 2.05 bits per heavy atom. The lowest BCUT2D eigenvalue weighted by Gasteiger charge is -2.36. The Labute approximate surface area is 114 Å². The number of hydrogen-bond donors (Lipinski definition) is 2. The van der Waals surface area contributed by atoms with E-state index in [9.17, 15) is 10.1 Å². The van der Waals surface area contributed by atoms with Crippen LogP contribution in [0.25, 0.3) is 0 Å². The molecule has 1 unspecified atom stereocenters. The smallest absolute Gasteiger partial charge is 0.240 e. The van der Waals surface area contributed by atoms with Gasteiger partial charge in [-0.15, -0.1) is 0 Å². The number of nitrogens with zero attached hydrogens (tertiary/aromatic N) is 1. The summed E-state index contributed by atoms with van der Waals surface area (Å²) in [6.07, 6.45) is 1.36. The molecular formula is C14H24N2O3. The third kappa shape index (κ3) is 3.92. The van der Waals surface area contributed by atoms with E-state index in [0.717, 1.165) is 0 Å². The number of aliphatic hydroxyl groups excluding tert-OH is 1. The topological polar surface area (TPSA) is 82.4 Å². The summed E-state index contributed by atoms with van der Waals surface area (Å²) in [5.41, 5.74) is -1.13. The maximum atomic E-state index is 12.4. The maximum Gasteiger partial charge on any atom is 0.240 e. The average Bonchev–Trinajstić information content (AvgIpc) is 2.37. The van der Waals surface area contributed by atoms with Gasteiger partial charge in [0.05, 0.1) is 6.07 Å². The fraction of sp³-hybridized carbons (Fsp3) is 0.857. The molecule has 5 nitrogen and oxygen atoms in total. The molecule has 2 N–H and O–H groups in total. The third-order valence-corrected chi connectivity index (χ3v) is 3.76. The van der Waals surface area contributed by atoms with E-state index in [1.54, 1.807) is 0 Å². The molecule has 0 radical (unpaired) electrons. The fourth-order valence-electron chi connectivity index (χ4n) is 2.26. The van der Waals surface area contributed by atoms with Crippen LogP contribution in [0.15, 0.2) is 0 Å². The molecule has 1 atom stereocenters. The molecule has 1 fully saturated rings. The summed E-state index contributed by atoms with van der Waals surface area (Å²) in [5.74, 6) is -0.230. The second-order valence-corrected chi connectivity index (χ2v) is 6.21. The summed E-state index contributed by atoms with van der Waals surface area (Å²) in [6, 6.07) is 2.02. The molecule has 1 aliphatic heterocycles. The quantitative estimate of drug-likeness (QED) is 0.803. The van der Waals surface area contributed by atoms with Crippen molar-refractivity contribution in [1.82, 2.24) is 5.32 Å². The monoisotopic (exact) mass is 268 g/mol. The van der Waals surface area contributed by atoms with Crippen molar-refractivity contribution < 1.29 is 14.6 Å². The van der Waals surface area contributed by atoms with Gasteiger partial charge in [0, 0.05) is 25.9 Å². The van der Waals surface area contributed by atoms with Crippen LogP contribution in [0.1, 0.15) is 40.0 Å². The number of aliphatic hydroxyl groups is 1. The van der Waals surface area contributed by atoms with Gasteiger partial charge in [-0.25, -0.2) is 0 Å². The first kappa shape index (κ1) is 15.9. The molecule has 1 saturated heterocycles. The Morgan fingerprint density at radius 1 is 1.47 bits per heavy atom. The minimum Gasteiger partial charge on any atom is -0.396 e. The molecular weight excluding hydrogens is 244 g/mol. The number of amides is 1. The van der Waals surface area contributed by atoms with E-state index in [4.69, 9.17) is 9.84 Å². The lowest BCUT2D eigenvalue weighted by atomic mass is 9.79. The molecule has 0 bridgehead atoms. The number of nitriles is 1. The molecule has 0 saturated carbocycles. The van der Waals surface area contributed by atoms with Gasteiger partial charge in [-0.05, 0) is 24.7 Å². The van der Waals surface area contributed by atoms with Crippen LogP contribution in [-0.4, -0.2) is 36.9 Å². The second kappa shape index (κ2) is 6.36. The van der Waals surface area contributed by atoms with Crippen LogP contribution in [0.5, 0.6) is 0 Å². The van der Waals surface area contributed by atoms with E-state index in [1.165, 1.54) is 0 Å². The molecule has 108 valence electrons. The minimum absolute atomic E-state index is 0.0187. The largest absolute Gasteiger partial charge is 0.396 e. The summed E-state index contributed by atoms with van der Waals surface area (Å²) < 4.78 is 5.23. The Bertz CT molecular complexity index is 349. The van der Waals surface area contributed by atoms with Crippen molar-refractivity contribution in [3.05, 3.63) is 0 Å². The highest BCUT2D eigenvalue weighted by Gasteiger charge is 2.42. The molecule has 0 aromatic carbocycles. The van der Waals surface area contributed by atoms with E-state index < -0.39 is 5.41 Å². The van der Waals surface area contributed by atoms with Crippen LogP contribution < -0.4 is 5.32 Å². The van der Waals surface area contributed by atoms with E-state index in [1.807, 2.05) is 20.8 Å². The molecule has 0 aromatic heterocycles. The van der Waals surface area contributed by atoms with Crippen molar-refractivity contribution in [2.45, 2.75) is 46.1 Å².